The molecular formula is C11H22BNO4. The molecule has 0 aliphatic carbocycles. The second-order valence-electron chi connectivity index (χ2n) is 5.51. The van der Waals surface area contributed by atoms with Gasteiger partial charge in [-0.25, -0.2) is 4.79 Å². The van der Waals surface area contributed by atoms with Gasteiger partial charge in [0.25, 0.3) is 0 Å². The van der Waals surface area contributed by atoms with Crippen molar-refractivity contribution in [1.29, 1.82) is 0 Å². The van der Waals surface area contributed by atoms with Gasteiger partial charge in [-0.05, 0) is 47.4 Å². The number of carbonyl (C=O) groups is 1. The first-order chi connectivity index (χ1) is 7.64. The highest BCUT2D eigenvalue weighted by Crippen LogP contribution is 2.38. The van der Waals surface area contributed by atoms with Crippen LogP contribution in [0.3, 0.4) is 0 Å². The van der Waals surface area contributed by atoms with Crippen molar-refractivity contribution in [1.82, 2.24) is 0 Å². The monoisotopic (exact) mass is 243 g/mol. The average Bonchev–Trinajstić information content (AvgIpc) is 2.31. The highest BCUT2D eigenvalue weighted by Gasteiger charge is 2.50. The van der Waals surface area contributed by atoms with E-state index in [-0.39, 0.29) is 24.4 Å². The molecule has 0 spiro atoms. The first-order valence-electron chi connectivity index (χ1n) is 5.96. The summed E-state index contributed by atoms with van der Waals surface area (Å²) in [6.07, 6.45) is 0.388. The molecule has 5 nitrogen and oxygen atoms in total. The molecule has 0 bridgehead atoms. The minimum absolute atomic E-state index is 0.216. The molecule has 0 aromatic heterocycles. The summed E-state index contributed by atoms with van der Waals surface area (Å²) >= 11 is 0. The van der Waals surface area contributed by atoms with E-state index in [1.54, 1.807) is 6.92 Å². The lowest BCUT2D eigenvalue weighted by atomic mass is 9.82. The van der Waals surface area contributed by atoms with E-state index in [2.05, 4.69) is 0 Å². The molecule has 1 fully saturated rings. The summed E-state index contributed by atoms with van der Waals surface area (Å²) in [5, 5.41) is 0. The minimum Gasteiger partial charge on any atom is -0.447 e. The Balaban J connectivity index is 2.38. The number of rotatable bonds is 4. The molecule has 1 aliphatic rings. The number of hydrogen-bond donors (Lipinski definition) is 1. The van der Waals surface area contributed by atoms with Crippen LogP contribution >= 0.6 is 0 Å². The summed E-state index contributed by atoms with van der Waals surface area (Å²) in [5.41, 5.74) is 4.31. The standard InChI is InChI=1S/C11H22BNO4/c1-8(15-9(13)14)6-7-12-16-10(2,3)11(4,5)17-12/h8H,6-7H2,1-5H3,(H2,13,14). The smallest absolute Gasteiger partial charge is 0.447 e. The van der Waals surface area contributed by atoms with E-state index in [0.717, 1.165) is 0 Å². The van der Waals surface area contributed by atoms with Gasteiger partial charge >= 0.3 is 13.2 Å². The Bertz CT molecular complexity index is 277. The molecule has 1 rings (SSSR count). The van der Waals surface area contributed by atoms with Crippen molar-refractivity contribution >= 4 is 13.2 Å². The molecule has 1 atom stereocenters. The van der Waals surface area contributed by atoms with Crippen LogP contribution in [0.2, 0.25) is 6.32 Å². The lowest BCUT2D eigenvalue weighted by Gasteiger charge is -2.32. The summed E-state index contributed by atoms with van der Waals surface area (Å²) in [7, 11) is -0.251. The van der Waals surface area contributed by atoms with Crippen molar-refractivity contribution in [2.45, 2.75) is 64.7 Å². The Labute approximate surface area is 103 Å². The number of nitrogens with two attached hydrogens (primary N) is 1. The van der Waals surface area contributed by atoms with Gasteiger partial charge in [0.05, 0.1) is 11.2 Å². The second kappa shape index (κ2) is 4.86. The van der Waals surface area contributed by atoms with Crippen LogP contribution in [0, 0.1) is 0 Å². The topological polar surface area (TPSA) is 70.8 Å². The number of amides is 1. The van der Waals surface area contributed by atoms with E-state index in [0.29, 0.717) is 12.7 Å². The fourth-order valence-corrected chi connectivity index (χ4v) is 1.71. The predicted octanol–water partition coefficient (Wildman–Crippen LogP) is 1.95. The molecule has 1 saturated heterocycles. The van der Waals surface area contributed by atoms with Crippen molar-refractivity contribution in [3.8, 4) is 0 Å². The van der Waals surface area contributed by atoms with Crippen LogP contribution in [-0.2, 0) is 14.0 Å². The van der Waals surface area contributed by atoms with Gasteiger partial charge in [0.2, 0.25) is 0 Å². The lowest BCUT2D eigenvalue weighted by molar-refractivity contribution is 0.00578. The zero-order chi connectivity index (χ0) is 13.3. The highest BCUT2D eigenvalue weighted by molar-refractivity contribution is 6.45. The van der Waals surface area contributed by atoms with Crippen LogP contribution in [0.5, 0.6) is 0 Å². The summed E-state index contributed by atoms with van der Waals surface area (Å²) in [6, 6.07) is 0. The first-order valence-corrected chi connectivity index (χ1v) is 5.96. The predicted molar refractivity (Wildman–Crippen MR) is 65.6 cm³/mol. The quantitative estimate of drug-likeness (QED) is 0.766. The molecule has 1 amide bonds. The van der Waals surface area contributed by atoms with E-state index < -0.39 is 6.09 Å². The fourth-order valence-electron chi connectivity index (χ4n) is 1.71. The van der Waals surface area contributed by atoms with Gasteiger partial charge in [0, 0.05) is 0 Å². The Morgan fingerprint density at radius 1 is 1.29 bits per heavy atom. The molecule has 2 N–H and O–H groups in total. The Kier molecular flexibility index (Phi) is 4.09. The van der Waals surface area contributed by atoms with E-state index in [9.17, 15) is 4.79 Å². The van der Waals surface area contributed by atoms with Gasteiger partial charge in [-0.3, -0.25) is 0 Å². The van der Waals surface area contributed by atoms with Gasteiger partial charge in [0.1, 0.15) is 6.10 Å². The van der Waals surface area contributed by atoms with Crippen molar-refractivity contribution in [3.05, 3.63) is 0 Å². The lowest BCUT2D eigenvalue weighted by Crippen LogP contribution is -2.41. The Morgan fingerprint density at radius 3 is 2.18 bits per heavy atom. The summed E-state index contributed by atoms with van der Waals surface area (Å²) in [6.45, 7) is 9.84. The van der Waals surface area contributed by atoms with Crippen LogP contribution in [0.4, 0.5) is 4.79 Å². The van der Waals surface area contributed by atoms with Crippen molar-refractivity contribution in [2.24, 2.45) is 5.73 Å². The summed E-state index contributed by atoms with van der Waals surface area (Å²) in [5.74, 6) is 0. The van der Waals surface area contributed by atoms with E-state index in [4.69, 9.17) is 19.8 Å². The first kappa shape index (κ1) is 14.3. The number of ether oxygens (including phenoxy) is 1. The van der Waals surface area contributed by atoms with Gasteiger partial charge in [-0.2, -0.15) is 0 Å². The van der Waals surface area contributed by atoms with E-state index in [1.165, 1.54) is 0 Å². The summed E-state index contributed by atoms with van der Waals surface area (Å²) in [4.78, 5) is 10.5. The molecule has 98 valence electrons. The van der Waals surface area contributed by atoms with Crippen molar-refractivity contribution in [3.63, 3.8) is 0 Å². The third-order valence-electron chi connectivity index (χ3n) is 3.43. The van der Waals surface area contributed by atoms with E-state index in [1.807, 2.05) is 27.7 Å². The largest absolute Gasteiger partial charge is 0.457 e. The van der Waals surface area contributed by atoms with Crippen LogP contribution in [-0.4, -0.2) is 30.5 Å². The van der Waals surface area contributed by atoms with Gasteiger partial charge < -0.3 is 19.8 Å². The second-order valence-corrected chi connectivity index (χ2v) is 5.51. The zero-order valence-corrected chi connectivity index (χ0v) is 11.3. The zero-order valence-electron chi connectivity index (χ0n) is 11.3. The average molecular weight is 243 g/mol. The van der Waals surface area contributed by atoms with Crippen LogP contribution < -0.4 is 5.73 Å². The molecule has 0 saturated carbocycles. The maximum absolute atomic E-state index is 10.5. The summed E-state index contributed by atoms with van der Waals surface area (Å²) < 4.78 is 16.5. The third kappa shape index (κ3) is 3.61. The molecule has 1 heterocycles. The molecule has 0 radical (unpaired) electrons. The van der Waals surface area contributed by atoms with Gasteiger partial charge in [-0.1, -0.05) is 0 Å². The van der Waals surface area contributed by atoms with E-state index >= 15 is 0 Å². The van der Waals surface area contributed by atoms with Gasteiger partial charge in [0.15, 0.2) is 0 Å². The SMILES string of the molecule is CC(CCB1OC(C)(C)C(C)(C)O1)OC(N)=O. The van der Waals surface area contributed by atoms with Gasteiger partial charge in [-0.15, -0.1) is 0 Å². The normalized spacial score (nSPS) is 23.5. The Morgan fingerprint density at radius 2 is 1.76 bits per heavy atom. The molecule has 1 aliphatic heterocycles. The maximum atomic E-state index is 10.5. The third-order valence-corrected chi connectivity index (χ3v) is 3.43. The van der Waals surface area contributed by atoms with Crippen LogP contribution in [0.25, 0.3) is 0 Å². The molecule has 17 heavy (non-hydrogen) atoms. The number of hydrogen-bond acceptors (Lipinski definition) is 4. The molecule has 0 aromatic carbocycles. The molecule has 0 aromatic rings. The Hall–Kier alpha value is -0.745. The highest BCUT2D eigenvalue weighted by atomic mass is 16.7. The van der Waals surface area contributed by atoms with Crippen molar-refractivity contribution in [2.75, 3.05) is 0 Å². The molecule has 1 unspecified atom stereocenters. The number of primary amides is 1. The van der Waals surface area contributed by atoms with Crippen molar-refractivity contribution < 1.29 is 18.8 Å². The maximum Gasteiger partial charge on any atom is 0.457 e. The fraction of sp³-hybridized carbons (Fsp3) is 0.909. The minimum atomic E-state index is -0.744. The molecule has 6 heteroatoms. The van der Waals surface area contributed by atoms with Crippen LogP contribution in [0.1, 0.15) is 41.0 Å². The van der Waals surface area contributed by atoms with Crippen LogP contribution in [0.15, 0.2) is 0 Å². The number of carbonyl (C=O) groups excluding carboxylic acids is 1. The molecular weight excluding hydrogens is 221 g/mol.